The fraction of sp³-hybridized carbons (Fsp3) is 0.417. The van der Waals surface area contributed by atoms with Crippen molar-refractivity contribution in [2.24, 2.45) is 5.73 Å². The van der Waals surface area contributed by atoms with Gasteiger partial charge in [0.25, 0.3) is 0 Å². The molecular formula is C12H18N4O2S2. The number of nitrogens with two attached hydrogens (primary N) is 1. The second-order valence-corrected chi connectivity index (χ2v) is 7.43. The maximum absolute atomic E-state index is 12.2. The normalized spacial score (nSPS) is 11.9. The average molecular weight is 314 g/mol. The van der Waals surface area contributed by atoms with Crippen LogP contribution in [-0.4, -0.2) is 24.7 Å². The van der Waals surface area contributed by atoms with Crippen LogP contribution in [0.3, 0.4) is 0 Å². The van der Waals surface area contributed by atoms with Crippen molar-refractivity contribution in [1.82, 2.24) is 14.5 Å². The molecule has 2 heterocycles. The molecule has 0 bridgehead atoms. The van der Waals surface area contributed by atoms with E-state index in [0.29, 0.717) is 31.0 Å². The second-order valence-electron chi connectivity index (χ2n) is 4.36. The van der Waals surface area contributed by atoms with E-state index in [4.69, 9.17) is 5.73 Å². The highest BCUT2D eigenvalue weighted by Gasteiger charge is 2.18. The van der Waals surface area contributed by atoms with Gasteiger partial charge in [-0.25, -0.2) is 13.1 Å². The molecule has 2 aromatic heterocycles. The van der Waals surface area contributed by atoms with E-state index in [-0.39, 0.29) is 0 Å². The van der Waals surface area contributed by atoms with Gasteiger partial charge < -0.3 is 5.73 Å². The lowest BCUT2D eigenvalue weighted by molar-refractivity contribution is 0.553. The summed E-state index contributed by atoms with van der Waals surface area (Å²) >= 11 is 1.42. The van der Waals surface area contributed by atoms with Gasteiger partial charge in [0, 0.05) is 41.8 Å². The molecule has 2 rings (SSSR count). The fourth-order valence-electron chi connectivity index (χ4n) is 1.85. The monoisotopic (exact) mass is 314 g/mol. The highest BCUT2D eigenvalue weighted by molar-refractivity contribution is 7.89. The molecule has 0 radical (unpaired) electrons. The average Bonchev–Trinajstić information content (AvgIpc) is 3.04. The highest BCUT2D eigenvalue weighted by Crippen LogP contribution is 2.25. The Morgan fingerprint density at radius 2 is 2.30 bits per heavy atom. The van der Waals surface area contributed by atoms with Gasteiger partial charge in [-0.15, -0.1) is 11.3 Å². The van der Waals surface area contributed by atoms with Crippen LogP contribution in [0.5, 0.6) is 0 Å². The van der Waals surface area contributed by atoms with Crippen LogP contribution >= 0.6 is 11.3 Å². The van der Waals surface area contributed by atoms with Crippen LogP contribution in [0.1, 0.15) is 16.2 Å². The minimum absolute atomic E-state index is 0.335. The van der Waals surface area contributed by atoms with Gasteiger partial charge in [-0.2, -0.15) is 5.10 Å². The lowest BCUT2D eigenvalue weighted by Gasteiger charge is -2.06. The summed E-state index contributed by atoms with van der Waals surface area (Å²) in [6, 6.07) is 3.49. The maximum Gasteiger partial charge on any atom is 0.241 e. The van der Waals surface area contributed by atoms with E-state index < -0.39 is 10.0 Å². The summed E-state index contributed by atoms with van der Waals surface area (Å²) < 4.78 is 28.7. The number of hydrogen-bond donors (Lipinski definition) is 2. The zero-order chi connectivity index (χ0) is 14.6. The van der Waals surface area contributed by atoms with Crippen molar-refractivity contribution in [3.8, 4) is 0 Å². The first-order valence-electron chi connectivity index (χ1n) is 6.29. The number of aromatic nitrogens is 2. The van der Waals surface area contributed by atoms with E-state index in [1.807, 2.05) is 12.3 Å². The van der Waals surface area contributed by atoms with Gasteiger partial charge in [0.2, 0.25) is 10.0 Å². The minimum atomic E-state index is -3.45. The SMILES string of the molecule is Cc1sc(CN)cc1S(=O)(=O)NCCCn1cccn1. The number of sulfonamides is 1. The zero-order valence-electron chi connectivity index (χ0n) is 11.2. The summed E-state index contributed by atoms with van der Waals surface area (Å²) in [4.78, 5) is 1.98. The number of hydrogen-bond acceptors (Lipinski definition) is 5. The van der Waals surface area contributed by atoms with Crippen molar-refractivity contribution in [3.63, 3.8) is 0 Å². The van der Waals surface area contributed by atoms with E-state index in [2.05, 4.69) is 9.82 Å². The standard InChI is InChI=1S/C12H18N4O2S2/c1-10-12(8-11(9-13)19-10)20(17,18)15-5-3-7-16-6-2-4-14-16/h2,4,6,8,15H,3,5,7,9,13H2,1H3. The van der Waals surface area contributed by atoms with E-state index >= 15 is 0 Å². The molecule has 2 aromatic rings. The van der Waals surface area contributed by atoms with Crippen LogP contribution in [0.2, 0.25) is 0 Å². The second kappa shape index (κ2) is 6.49. The zero-order valence-corrected chi connectivity index (χ0v) is 12.9. The summed E-state index contributed by atoms with van der Waals surface area (Å²) in [6.45, 7) is 3.23. The molecule has 0 saturated carbocycles. The third kappa shape index (κ3) is 3.66. The highest BCUT2D eigenvalue weighted by atomic mass is 32.2. The molecule has 0 aromatic carbocycles. The van der Waals surface area contributed by atoms with Crippen LogP contribution in [0.15, 0.2) is 29.4 Å². The minimum Gasteiger partial charge on any atom is -0.326 e. The molecule has 0 spiro atoms. The van der Waals surface area contributed by atoms with Crippen LogP contribution in [-0.2, 0) is 23.1 Å². The van der Waals surface area contributed by atoms with Gasteiger partial charge in [-0.3, -0.25) is 4.68 Å². The van der Waals surface area contributed by atoms with Gasteiger partial charge in [0.05, 0.1) is 4.90 Å². The van der Waals surface area contributed by atoms with Gasteiger partial charge in [0.15, 0.2) is 0 Å². The summed E-state index contributed by atoms with van der Waals surface area (Å²) in [5.41, 5.74) is 5.54. The van der Waals surface area contributed by atoms with E-state index in [0.717, 1.165) is 9.75 Å². The largest absolute Gasteiger partial charge is 0.326 e. The van der Waals surface area contributed by atoms with Gasteiger partial charge in [0.1, 0.15) is 0 Å². The lowest BCUT2D eigenvalue weighted by atomic mass is 10.4. The predicted octanol–water partition coefficient (Wildman–Crippen LogP) is 1.08. The Bertz CT molecular complexity index is 647. The molecule has 6 nitrogen and oxygen atoms in total. The molecule has 0 unspecified atom stereocenters. The predicted molar refractivity (Wildman–Crippen MR) is 79.0 cm³/mol. The van der Waals surface area contributed by atoms with E-state index in [1.54, 1.807) is 23.9 Å². The Labute approximate surface area is 122 Å². The van der Waals surface area contributed by atoms with Crippen molar-refractivity contribution in [2.75, 3.05) is 6.54 Å². The van der Waals surface area contributed by atoms with E-state index in [9.17, 15) is 8.42 Å². The Hall–Kier alpha value is -1.22. The molecule has 20 heavy (non-hydrogen) atoms. The number of nitrogens with zero attached hydrogens (tertiary/aromatic N) is 2. The van der Waals surface area contributed by atoms with Gasteiger partial charge in [-0.1, -0.05) is 0 Å². The maximum atomic E-state index is 12.2. The third-order valence-electron chi connectivity index (χ3n) is 2.83. The molecule has 0 aliphatic carbocycles. The number of rotatable bonds is 7. The Kier molecular flexibility index (Phi) is 4.92. The molecule has 0 aliphatic heterocycles. The summed E-state index contributed by atoms with van der Waals surface area (Å²) in [5.74, 6) is 0. The van der Waals surface area contributed by atoms with Crippen molar-refractivity contribution in [2.45, 2.75) is 31.3 Å². The molecule has 3 N–H and O–H groups in total. The van der Waals surface area contributed by atoms with Gasteiger partial charge >= 0.3 is 0 Å². The number of thiophene rings is 1. The van der Waals surface area contributed by atoms with Crippen molar-refractivity contribution < 1.29 is 8.42 Å². The first-order valence-corrected chi connectivity index (χ1v) is 8.59. The number of aryl methyl sites for hydroxylation is 2. The smallest absolute Gasteiger partial charge is 0.241 e. The molecule has 0 amide bonds. The Morgan fingerprint density at radius 3 is 2.90 bits per heavy atom. The molecule has 110 valence electrons. The third-order valence-corrected chi connectivity index (χ3v) is 5.62. The number of nitrogens with one attached hydrogen (secondary N) is 1. The summed E-state index contributed by atoms with van der Waals surface area (Å²) in [6.07, 6.45) is 4.24. The van der Waals surface area contributed by atoms with Crippen LogP contribution in [0, 0.1) is 6.92 Å². The van der Waals surface area contributed by atoms with Crippen molar-refractivity contribution in [3.05, 3.63) is 34.3 Å². The van der Waals surface area contributed by atoms with Crippen molar-refractivity contribution >= 4 is 21.4 Å². The van der Waals surface area contributed by atoms with Gasteiger partial charge in [-0.05, 0) is 25.5 Å². The lowest BCUT2D eigenvalue weighted by Crippen LogP contribution is -2.25. The van der Waals surface area contributed by atoms with Crippen molar-refractivity contribution in [1.29, 1.82) is 0 Å². The first kappa shape index (κ1) is 15.2. The van der Waals surface area contributed by atoms with Crippen LogP contribution < -0.4 is 10.5 Å². The topological polar surface area (TPSA) is 90.0 Å². The fourth-order valence-corrected chi connectivity index (χ4v) is 4.44. The first-order chi connectivity index (χ1) is 9.53. The molecular weight excluding hydrogens is 296 g/mol. The molecule has 0 saturated heterocycles. The summed E-state index contributed by atoms with van der Waals surface area (Å²) in [7, 11) is -3.45. The van der Waals surface area contributed by atoms with Crippen LogP contribution in [0.25, 0.3) is 0 Å². The quantitative estimate of drug-likeness (QED) is 0.748. The Balaban J connectivity index is 1.91. The molecule has 0 aliphatic rings. The molecule has 8 heteroatoms. The van der Waals surface area contributed by atoms with Crippen LogP contribution in [0.4, 0.5) is 0 Å². The Morgan fingerprint density at radius 1 is 1.50 bits per heavy atom. The summed E-state index contributed by atoms with van der Waals surface area (Å²) in [5, 5.41) is 4.06. The van der Waals surface area contributed by atoms with E-state index in [1.165, 1.54) is 11.3 Å². The molecule has 0 atom stereocenters. The molecule has 0 fully saturated rings.